The molecule has 0 aliphatic heterocycles. The van der Waals surface area contributed by atoms with Crippen LogP contribution in [0.1, 0.15) is 0 Å². The van der Waals surface area contributed by atoms with Gasteiger partial charge in [-0.15, -0.1) is 11.8 Å². The number of benzene rings is 2. The molecule has 0 saturated heterocycles. The summed E-state index contributed by atoms with van der Waals surface area (Å²) in [6.45, 7) is 0. The lowest BCUT2D eigenvalue weighted by Gasteiger charge is -2.20. The van der Waals surface area contributed by atoms with Gasteiger partial charge in [0.05, 0.1) is 16.4 Å². The molecule has 0 aliphatic carbocycles. The summed E-state index contributed by atoms with van der Waals surface area (Å²) < 4.78 is 11.6. The van der Waals surface area contributed by atoms with Crippen LogP contribution < -0.4 is 10.6 Å². The number of rotatable bonds is 4. The minimum atomic E-state index is -1.06. The molecule has 0 saturated carbocycles. The lowest BCUT2D eigenvalue weighted by atomic mass is 10.3. The number of aliphatic imine (C=N–C) groups is 1. The highest BCUT2D eigenvalue weighted by atomic mass is 35.5. The summed E-state index contributed by atoms with van der Waals surface area (Å²) in [6, 6.07) is 13.0. The molecule has 7 heteroatoms. The number of halogens is 1. The molecule has 1 unspecified atom stereocenters. The first kappa shape index (κ1) is 17.8. The maximum absolute atomic E-state index is 11.6. The fraction of sp³-hybridized carbons (Fsp3) is 0.188. The normalized spacial score (nSPS) is 13.0. The average molecular weight is 368 g/mol. The summed E-state index contributed by atoms with van der Waals surface area (Å²) in [7, 11) is 0.755. The summed E-state index contributed by atoms with van der Waals surface area (Å²) in [5.41, 5.74) is 7.54. The van der Waals surface area contributed by atoms with Crippen molar-refractivity contribution in [2.24, 2.45) is 10.7 Å². The number of nitrogens with zero attached hydrogens (tertiary/aromatic N) is 2. The largest absolute Gasteiger partial charge is 0.369 e. The van der Waals surface area contributed by atoms with Crippen LogP contribution in [0.15, 0.2) is 57.2 Å². The van der Waals surface area contributed by atoms with Crippen LogP contribution in [-0.4, -0.2) is 29.7 Å². The molecular weight excluding hydrogens is 350 g/mol. The Morgan fingerprint density at radius 2 is 2.00 bits per heavy atom. The van der Waals surface area contributed by atoms with Crippen LogP contribution in [0.3, 0.4) is 0 Å². The number of guanidine groups is 1. The number of nitrogens with two attached hydrogens (primary N) is 1. The molecule has 23 heavy (non-hydrogen) atoms. The van der Waals surface area contributed by atoms with Gasteiger partial charge in [-0.05, 0) is 36.6 Å². The second-order valence-electron chi connectivity index (χ2n) is 4.77. The van der Waals surface area contributed by atoms with E-state index in [0.29, 0.717) is 21.6 Å². The SMILES string of the molecule is CSc1cccc(N(C)C(N)=Nc2cccc(S(C)=O)c2)c1Cl. The number of anilines is 1. The van der Waals surface area contributed by atoms with Gasteiger partial charge in [-0.25, -0.2) is 4.99 Å². The van der Waals surface area contributed by atoms with Crippen LogP contribution in [0.4, 0.5) is 11.4 Å². The minimum absolute atomic E-state index is 0.309. The molecule has 0 heterocycles. The summed E-state index contributed by atoms with van der Waals surface area (Å²) in [5, 5.41) is 0.643. The second-order valence-corrected chi connectivity index (χ2v) is 7.38. The average Bonchev–Trinajstić information content (AvgIpc) is 2.54. The highest BCUT2D eigenvalue weighted by Gasteiger charge is 2.12. The van der Waals surface area contributed by atoms with Gasteiger partial charge in [0.15, 0.2) is 0 Å². The van der Waals surface area contributed by atoms with E-state index >= 15 is 0 Å². The third kappa shape index (κ3) is 4.28. The van der Waals surface area contributed by atoms with E-state index < -0.39 is 10.8 Å². The van der Waals surface area contributed by atoms with Gasteiger partial charge in [-0.3, -0.25) is 4.21 Å². The van der Waals surface area contributed by atoms with Gasteiger partial charge in [0.1, 0.15) is 0 Å². The Kier molecular flexibility index (Phi) is 6.10. The molecule has 2 aromatic rings. The molecule has 0 radical (unpaired) electrons. The predicted octanol–water partition coefficient (Wildman–Crippen LogP) is 3.88. The van der Waals surface area contributed by atoms with Gasteiger partial charge in [0.2, 0.25) is 5.96 Å². The molecule has 0 aromatic heterocycles. The Bertz CT molecular complexity index is 765. The van der Waals surface area contributed by atoms with Gasteiger partial charge >= 0.3 is 0 Å². The van der Waals surface area contributed by atoms with E-state index in [1.54, 1.807) is 35.1 Å². The molecule has 122 valence electrons. The molecular formula is C16H18ClN3OS2. The molecule has 2 N–H and O–H groups in total. The number of hydrogen-bond acceptors (Lipinski definition) is 3. The monoisotopic (exact) mass is 367 g/mol. The Balaban J connectivity index is 2.34. The fourth-order valence-electron chi connectivity index (χ4n) is 1.98. The Labute approximate surface area is 148 Å². The lowest BCUT2D eigenvalue weighted by molar-refractivity contribution is 0.687. The van der Waals surface area contributed by atoms with Crippen molar-refractivity contribution in [3.63, 3.8) is 0 Å². The Morgan fingerprint density at radius 3 is 2.65 bits per heavy atom. The molecule has 0 amide bonds. The van der Waals surface area contributed by atoms with Crippen molar-refractivity contribution in [2.45, 2.75) is 9.79 Å². The fourth-order valence-corrected chi connectivity index (χ4v) is 3.52. The summed E-state index contributed by atoms with van der Waals surface area (Å²) in [5.74, 6) is 0.309. The maximum Gasteiger partial charge on any atom is 0.200 e. The van der Waals surface area contributed by atoms with Crippen molar-refractivity contribution in [1.82, 2.24) is 0 Å². The molecule has 0 fully saturated rings. The third-order valence-corrected chi connectivity index (χ3v) is 5.47. The van der Waals surface area contributed by atoms with E-state index in [-0.39, 0.29) is 0 Å². The predicted molar refractivity (Wildman–Crippen MR) is 102 cm³/mol. The molecule has 0 bridgehead atoms. The zero-order valence-corrected chi connectivity index (χ0v) is 15.5. The topological polar surface area (TPSA) is 58.7 Å². The van der Waals surface area contributed by atoms with E-state index in [9.17, 15) is 4.21 Å². The molecule has 2 rings (SSSR count). The van der Waals surface area contributed by atoms with Gasteiger partial charge < -0.3 is 10.6 Å². The van der Waals surface area contributed by atoms with Crippen molar-refractivity contribution < 1.29 is 4.21 Å². The van der Waals surface area contributed by atoms with Crippen LogP contribution in [0.25, 0.3) is 0 Å². The first-order valence-corrected chi connectivity index (χ1v) is 9.94. The van der Waals surface area contributed by atoms with E-state index in [1.165, 1.54) is 0 Å². The lowest BCUT2D eigenvalue weighted by Crippen LogP contribution is -2.33. The van der Waals surface area contributed by atoms with Crippen molar-refractivity contribution in [1.29, 1.82) is 0 Å². The third-order valence-electron chi connectivity index (χ3n) is 3.26. The van der Waals surface area contributed by atoms with Crippen molar-refractivity contribution >= 4 is 51.5 Å². The van der Waals surface area contributed by atoms with Gasteiger partial charge in [-0.1, -0.05) is 23.7 Å². The standard InChI is InChI=1S/C16H18ClN3OS2/c1-20(13-8-5-9-14(22-2)15(13)17)16(18)19-11-6-4-7-12(10-11)23(3)21/h4-10H,1-3H3,(H2,18,19). The van der Waals surface area contributed by atoms with E-state index in [2.05, 4.69) is 4.99 Å². The van der Waals surface area contributed by atoms with Crippen LogP contribution in [0, 0.1) is 0 Å². The number of hydrogen-bond donors (Lipinski definition) is 1. The van der Waals surface area contributed by atoms with Crippen LogP contribution in [-0.2, 0) is 10.8 Å². The van der Waals surface area contributed by atoms with E-state index in [0.717, 1.165) is 10.6 Å². The van der Waals surface area contributed by atoms with Crippen LogP contribution in [0.5, 0.6) is 0 Å². The van der Waals surface area contributed by atoms with Crippen molar-refractivity contribution in [3.8, 4) is 0 Å². The highest BCUT2D eigenvalue weighted by molar-refractivity contribution is 7.98. The number of thioether (sulfide) groups is 1. The zero-order chi connectivity index (χ0) is 17.0. The summed E-state index contributed by atoms with van der Waals surface area (Å²) in [4.78, 5) is 7.82. The second kappa shape index (κ2) is 7.86. The quantitative estimate of drug-likeness (QED) is 0.506. The molecule has 0 aliphatic rings. The van der Waals surface area contributed by atoms with E-state index in [1.807, 2.05) is 43.6 Å². The van der Waals surface area contributed by atoms with Gasteiger partial charge in [-0.2, -0.15) is 0 Å². The Hall–Kier alpha value is -1.50. The molecule has 4 nitrogen and oxygen atoms in total. The smallest absolute Gasteiger partial charge is 0.200 e. The molecule has 1 atom stereocenters. The maximum atomic E-state index is 11.6. The van der Waals surface area contributed by atoms with Gasteiger partial charge in [0, 0.05) is 33.9 Å². The van der Waals surface area contributed by atoms with E-state index in [4.69, 9.17) is 17.3 Å². The minimum Gasteiger partial charge on any atom is -0.369 e. The van der Waals surface area contributed by atoms with Crippen LogP contribution >= 0.6 is 23.4 Å². The first-order chi connectivity index (χ1) is 10.9. The molecule has 2 aromatic carbocycles. The summed E-state index contributed by atoms with van der Waals surface area (Å²) >= 11 is 7.98. The van der Waals surface area contributed by atoms with Crippen molar-refractivity contribution in [3.05, 3.63) is 47.5 Å². The van der Waals surface area contributed by atoms with Crippen LogP contribution in [0.2, 0.25) is 5.02 Å². The van der Waals surface area contributed by atoms with Crippen molar-refractivity contribution in [2.75, 3.05) is 24.5 Å². The zero-order valence-electron chi connectivity index (χ0n) is 13.1. The Morgan fingerprint density at radius 1 is 1.30 bits per heavy atom. The summed E-state index contributed by atoms with van der Waals surface area (Å²) in [6.07, 6.45) is 3.60. The molecule has 0 spiro atoms. The first-order valence-electron chi connectivity index (χ1n) is 6.78. The van der Waals surface area contributed by atoms with Gasteiger partial charge in [0.25, 0.3) is 0 Å². The highest BCUT2D eigenvalue weighted by Crippen LogP contribution is 2.33.